The van der Waals surface area contributed by atoms with Gasteiger partial charge in [0.05, 0.1) is 17.4 Å². The smallest absolute Gasteiger partial charge is 0.337 e. The first-order valence-corrected chi connectivity index (χ1v) is 5.97. The van der Waals surface area contributed by atoms with Crippen molar-refractivity contribution in [1.29, 1.82) is 0 Å². The average molecular weight is 286 g/mol. The maximum atomic E-state index is 13.0. The quantitative estimate of drug-likeness (QED) is 0.847. The number of aromatic carboxylic acids is 1. The highest BCUT2D eigenvalue weighted by Crippen LogP contribution is 2.09. The number of rotatable bonds is 4. The number of anilines is 1. The van der Waals surface area contributed by atoms with Crippen LogP contribution in [0.4, 0.5) is 10.1 Å². The summed E-state index contributed by atoms with van der Waals surface area (Å²) in [4.78, 5) is 26.2. The van der Waals surface area contributed by atoms with Crippen molar-refractivity contribution in [2.75, 3.05) is 5.32 Å². The summed E-state index contributed by atoms with van der Waals surface area (Å²) in [6, 6.07) is 7.08. The van der Waals surface area contributed by atoms with Gasteiger partial charge in [-0.2, -0.15) is 0 Å². The fourth-order valence-corrected chi connectivity index (χ4v) is 1.59. The first-order valence-electron chi connectivity index (χ1n) is 5.97. The molecule has 2 aromatic rings. The summed E-state index contributed by atoms with van der Waals surface area (Å²) in [6.07, 6.45) is 5.19. The molecule has 0 aliphatic heterocycles. The molecule has 1 aromatic heterocycles. The van der Waals surface area contributed by atoms with Gasteiger partial charge < -0.3 is 10.4 Å². The summed E-state index contributed by atoms with van der Waals surface area (Å²) < 4.78 is 13.0. The molecule has 0 unspecified atom stereocenters. The molecular weight excluding hydrogens is 275 g/mol. The molecule has 106 valence electrons. The van der Waals surface area contributed by atoms with E-state index in [-0.39, 0.29) is 11.3 Å². The van der Waals surface area contributed by atoms with Crippen LogP contribution in [0.15, 0.2) is 48.8 Å². The lowest BCUT2D eigenvalue weighted by Crippen LogP contribution is -2.09. The van der Waals surface area contributed by atoms with Crippen molar-refractivity contribution in [3.63, 3.8) is 0 Å². The second-order valence-corrected chi connectivity index (χ2v) is 4.15. The zero-order valence-corrected chi connectivity index (χ0v) is 10.8. The number of hydrogen-bond donors (Lipinski definition) is 2. The number of carbonyl (C=O) groups excluding carboxylic acids is 1. The molecule has 1 amide bonds. The molecule has 1 heterocycles. The Balaban J connectivity index is 2.05. The van der Waals surface area contributed by atoms with E-state index in [0.29, 0.717) is 5.56 Å². The van der Waals surface area contributed by atoms with Gasteiger partial charge in [0.15, 0.2) is 0 Å². The third kappa shape index (κ3) is 4.24. The summed E-state index contributed by atoms with van der Waals surface area (Å²) in [7, 11) is 0. The highest BCUT2D eigenvalue weighted by Gasteiger charge is 2.05. The zero-order valence-electron chi connectivity index (χ0n) is 10.8. The Morgan fingerprint density at radius 3 is 2.76 bits per heavy atom. The second kappa shape index (κ2) is 6.42. The first-order chi connectivity index (χ1) is 10.0. The molecule has 2 rings (SSSR count). The predicted octanol–water partition coefficient (Wildman–Crippen LogP) is 2.57. The van der Waals surface area contributed by atoms with Crippen molar-refractivity contribution in [2.45, 2.75) is 0 Å². The van der Waals surface area contributed by atoms with Crippen molar-refractivity contribution in [2.24, 2.45) is 0 Å². The van der Waals surface area contributed by atoms with Crippen LogP contribution in [0.1, 0.15) is 15.9 Å². The summed E-state index contributed by atoms with van der Waals surface area (Å²) in [5, 5.41) is 11.3. The number of halogens is 1. The van der Waals surface area contributed by atoms with Crippen molar-refractivity contribution in [3.05, 3.63) is 65.7 Å². The molecule has 0 atom stereocenters. The van der Waals surface area contributed by atoms with Crippen LogP contribution in [0.2, 0.25) is 0 Å². The number of carboxylic acids is 1. The van der Waals surface area contributed by atoms with E-state index in [4.69, 9.17) is 5.11 Å². The van der Waals surface area contributed by atoms with Crippen molar-refractivity contribution >= 4 is 23.6 Å². The Hall–Kier alpha value is -3.02. The SMILES string of the molecule is O=C(C=Cc1cccc(F)c1)Nc1cncc(C(=O)O)c1. The number of aromatic nitrogens is 1. The van der Waals surface area contributed by atoms with Gasteiger partial charge >= 0.3 is 5.97 Å². The van der Waals surface area contributed by atoms with Gasteiger partial charge in [0.25, 0.3) is 0 Å². The van der Waals surface area contributed by atoms with E-state index in [0.717, 1.165) is 0 Å². The van der Waals surface area contributed by atoms with E-state index < -0.39 is 17.7 Å². The van der Waals surface area contributed by atoms with Gasteiger partial charge in [0.2, 0.25) is 5.91 Å². The van der Waals surface area contributed by atoms with Gasteiger partial charge in [-0.05, 0) is 29.8 Å². The minimum Gasteiger partial charge on any atom is -0.478 e. The van der Waals surface area contributed by atoms with Gasteiger partial charge in [-0.3, -0.25) is 9.78 Å². The zero-order chi connectivity index (χ0) is 15.2. The Morgan fingerprint density at radius 1 is 1.24 bits per heavy atom. The van der Waals surface area contributed by atoms with Crippen molar-refractivity contribution < 1.29 is 19.1 Å². The van der Waals surface area contributed by atoms with Gasteiger partial charge in [-0.15, -0.1) is 0 Å². The molecule has 0 spiro atoms. The van der Waals surface area contributed by atoms with Crippen molar-refractivity contribution in [1.82, 2.24) is 4.98 Å². The minimum absolute atomic E-state index is 0.0260. The van der Waals surface area contributed by atoms with Crippen LogP contribution in [-0.2, 0) is 4.79 Å². The molecule has 0 aliphatic carbocycles. The lowest BCUT2D eigenvalue weighted by molar-refractivity contribution is -0.111. The van der Waals surface area contributed by atoms with E-state index in [1.54, 1.807) is 6.07 Å². The number of carboxylic acid groups (broad SMARTS) is 1. The average Bonchev–Trinajstić information content (AvgIpc) is 2.45. The summed E-state index contributed by atoms with van der Waals surface area (Å²) >= 11 is 0. The number of benzene rings is 1. The number of nitrogens with one attached hydrogen (secondary N) is 1. The molecule has 0 fully saturated rings. The Labute approximate surface area is 119 Å². The van der Waals surface area contributed by atoms with E-state index in [1.165, 1.54) is 48.8 Å². The van der Waals surface area contributed by atoms with Crippen LogP contribution in [0.5, 0.6) is 0 Å². The molecule has 1 aromatic carbocycles. The number of hydrogen-bond acceptors (Lipinski definition) is 3. The second-order valence-electron chi connectivity index (χ2n) is 4.15. The van der Waals surface area contributed by atoms with Gasteiger partial charge in [0.1, 0.15) is 5.82 Å². The fraction of sp³-hybridized carbons (Fsp3) is 0. The first kappa shape index (κ1) is 14.4. The number of nitrogens with zero attached hydrogens (tertiary/aromatic N) is 1. The summed E-state index contributed by atoms with van der Waals surface area (Å²) in [5.74, 6) is -1.99. The molecular formula is C15H11FN2O3. The molecule has 5 nitrogen and oxygen atoms in total. The third-order valence-corrected chi connectivity index (χ3v) is 2.53. The van der Waals surface area contributed by atoms with Crippen LogP contribution < -0.4 is 5.32 Å². The van der Waals surface area contributed by atoms with Crippen LogP contribution in [0.25, 0.3) is 6.08 Å². The van der Waals surface area contributed by atoms with E-state index in [9.17, 15) is 14.0 Å². The lowest BCUT2D eigenvalue weighted by atomic mass is 10.2. The van der Waals surface area contributed by atoms with Crippen LogP contribution in [0.3, 0.4) is 0 Å². The topological polar surface area (TPSA) is 79.3 Å². The molecule has 6 heteroatoms. The summed E-state index contributed by atoms with van der Waals surface area (Å²) in [5.41, 5.74) is 0.785. The maximum absolute atomic E-state index is 13.0. The molecule has 2 N–H and O–H groups in total. The van der Waals surface area contributed by atoms with Gasteiger partial charge in [-0.1, -0.05) is 12.1 Å². The highest BCUT2D eigenvalue weighted by atomic mass is 19.1. The van der Waals surface area contributed by atoms with Crippen LogP contribution >= 0.6 is 0 Å². The van der Waals surface area contributed by atoms with Crippen LogP contribution in [-0.4, -0.2) is 22.0 Å². The monoisotopic (exact) mass is 286 g/mol. The largest absolute Gasteiger partial charge is 0.478 e. The van der Waals surface area contributed by atoms with Crippen LogP contribution in [0, 0.1) is 5.82 Å². The molecule has 0 aliphatic rings. The third-order valence-electron chi connectivity index (χ3n) is 2.53. The standard InChI is InChI=1S/C15H11FN2O3/c16-12-3-1-2-10(6-12)4-5-14(19)18-13-7-11(15(20)21)8-17-9-13/h1-9H,(H,18,19)(H,20,21). The molecule has 0 saturated carbocycles. The molecule has 0 radical (unpaired) electrons. The predicted molar refractivity (Wildman–Crippen MR) is 75.3 cm³/mol. The van der Waals surface area contributed by atoms with E-state index in [1.807, 2.05) is 0 Å². The Bertz CT molecular complexity index is 714. The normalized spacial score (nSPS) is 10.5. The Kier molecular flexibility index (Phi) is 4.40. The molecule has 0 saturated heterocycles. The fourth-order valence-electron chi connectivity index (χ4n) is 1.59. The van der Waals surface area contributed by atoms with Gasteiger partial charge in [0, 0.05) is 12.3 Å². The van der Waals surface area contributed by atoms with E-state index in [2.05, 4.69) is 10.3 Å². The molecule has 0 bridgehead atoms. The van der Waals surface area contributed by atoms with E-state index >= 15 is 0 Å². The van der Waals surface area contributed by atoms with Crippen molar-refractivity contribution in [3.8, 4) is 0 Å². The number of carbonyl (C=O) groups is 2. The number of pyridine rings is 1. The number of amides is 1. The summed E-state index contributed by atoms with van der Waals surface area (Å²) in [6.45, 7) is 0. The highest BCUT2D eigenvalue weighted by molar-refractivity contribution is 6.02. The maximum Gasteiger partial charge on any atom is 0.337 e. The minimum atomic E-state index is -1.13. The molecule has 21 heavy (non-hydrogen) atoms. The van der Waals surface area contributed by atoms with Gasteiger partial charge in [-0.25, -0.2) is 9.18 Å². The lowest BCUT2D eigenvalue weighted by Gasteiger charge is -2.02. The Morgan fingerprint density at radius 2 is 2.05 bits per heavy atom.